The van der Waals surface area contributed by atoms with Crippen LogP contribution in [0.3, 0.4) is 0 Å². The van der Waals surface area contributed by atoms with Crippen LogP contribution in [0.4, 0.5) is 0 Å². The second-order valence-corrected chi connectivity index (χ2v) is 5.09. The summed E-state index contributed by atoms with van der Waals surface area (Å²) in [6, 6.07) is 0. The average Bonchev–Trinajstić information content (AvgIpc) is 2.11. The molecule has 0 saturated heterocycles. The molecular formula is C15H26. The largest absolute Gasteiger partial charge is 0.0985 e. The average molecular weight is 206 g/mol. The van der Waals surface area contributed by atoms with E-state index < -0.39 is 0 Å². The normalized spacial score (nSPS) is 14.5. The molecule has 0 aromatic rings. The van der Waals surface area contributed by atoms with Gasteiger partial charge in [-0.3, -0.25) is 0 Å². The molecule has 0 radical (unpaired) electrons. The Morgan fingerprint density at radius 3 is 2.00 bits per heavy atom. The van der Waals surface area contributed by atoms with Crippen LogP contribution in [0.5, 0.6) is 0 Å². The molecule has 0 aliphatic carbocycles. The zero-order valence-corrected chi connectivity index (χ0v) is 11.2. The van der Waals surface area contributed by atoms with Crippen molar-refractivity contribution in [3.05, 3.63) is 35.5 Å². The first-order chi connectivity index (χ1) is 6.88. The van der Waals surface area contributed by atoms with E-state index in [1.807, 2.05) is 6.08 Å². The van der Waals surface area contributed by atoms with Gasteiger partial charge in [-0.15, -0.1) is 0 Å². The Hall–Kier alpha value is -0.780. The summed E-state index contributed by atoms with van der Waals surface area (Å²) in [5, 5.41) is 0. The van der Waals surface area contributed by atoms with E-state index in [1.165, 1.54) is 23.1 Å². The van der Waals surface area contributed by atoms with Gasteiger partial charge in [-0.05, 0) is 37.7 Å². The maximum atomic E-state index is 3.89. The molecule has 86 valence electrons. The summed E-state index contributed by atoms with van der Waals surface area (Å²) in [5.41, 5.74) is 4.16. The first-order valence-corrected chi connectivity index (χ1v) is 5.88. The van der Waals surface area contributed by atoms with Crippen LogP contribution >= 0.6 is 0 Å². The van der Waals surface area contributed by atoms with Crippen molar-refractivity contribution in [3.63, 3.8) is 0 Å². The monoisotopic (exact) mass is 206 g/mol. The van der Waals surface area contributed by atoms with Crippen molar-refractivity contribution < 1.29 is 0 Å². The molecule has 0 aliphatic heterocycles. The summed E-state index contributed by atoms with van der Waals surface area (Å²) in [4.78, 5) is 0. The zero-order chi connectivity index (χ0) is 12.0. The highest BCUT2D eigenvalue weighted by Crippen LogP contribution is 2.19. The van der Waals surface area contributed by atoms with Crippen molar-refractivity contribution in [3.8, 4) is 0 Å². The van der Waals surface area contributed by atoms with E-state index in [9.17, 15) is 0 Å². The third-order valence-corrected chi connectivity index (χ3v) is 2.67. The van der Waals surface area contributed by atoms with Crippen LogP contribution in [0.1, 0.15) is 48.0 Å². The van der Waals surface area contributed by atoms with E-state index >= 15 is 0 Å². The lowest BCUT2D eigenvalue weighted by atomic mass is 9.95. The third kappa shape index (κ3) is 5.61. The molecule has 0 rings (SSSR count). The summed E-state index contributed by atoms with van der Waals surface area (Å²) < 4.78 is 0. The predicted molar refractivity (Wildman–Crippen MR) is 70.9 cm³/mol. The molecule has 0 aromatic carbocycles. The second-order valence-electron chi connectivity index (χ2n) is 5.09. The lowest BCUT2D eigenvalue weighted by molar-refractivity contribution is 0.642. The van der Waals surface area contributed by atoms with E-state index in [0.717, 1.165) is 5.92 Å². The van der Waals surface area contributed by atoms with E-state index in [4.69, 9.17) is 0 Å². The number of rotatable bonds is 5. The standard InChI is InChI=1S/C15H26/c1-8-15(14(7)12(4)5)10-13(6)9-11(2)3/h8,10-12H,1,9H2,2-7H3. The van der Waals surface area contributed by atoms with Gasteiger partial charge in [0.25, 0.3) is 0 Å². The number of hydrogen-bond donors (Lipinski definition) is 0. The van der Waals surface area contributed by atoms with Gasteiger partial charge in [-0.1, -0.05) is 57.6 Å². The van der Waals surface area contributed by atoms with Crippen molar-refractivity contribution in [2.75, 3.05) is 0 Å². The highest BCUT2D eigenvalue weighted by Gasteiger charge is 2.02. The van der Waals surface area contributed by atoms with Gasteiger partial charge in [0.2, 0.25) is 0 Å². The van der Waals surface area contributed by atoms with Crippen molar-refractivity contribution >= 4 is 0 Å². The molecule has 0 amide bonds. The predicted octanol–water partition coefficient (Wildman–Crippen LogP) is 5.14. The summed E-state index contributed by atoms with van der Waals surface area (Å²) in [5.74, 6) is 1.33. The fraction of sp³-hybridized carbons (Fsp3) is 0.600. The number of allylic oxidation sites excluding steroid dienone is 5. The molecule has 0 aromatic heterocycles. The van der Waals surface area contributed by atoms with Crippen LogP contribution in [0.25, 0.3) is 0 Å². The van der Waals surface area contributed by atoms with E-state index in [1.54, 1.807) is 0 Å². The van der Waals surface area contributed by atoms with Crippen LogP contribution in [-0.4, -0.2) is 0 Å². The fourth-order valence-corrected chi connectivity index (χ4v) is 1.64. The van der Waals surface area contributed by atoms with Crippen molar-refractivity contribution in [2.45, 2.75) is 48.0 Å². The number of hydrogen-bond acceptors (Lipinski definition) is 0. The smallest absolute Gasteiger partial charge is 0.0254 e. The third-order valence-electron chi connectivity index (χ3n) is 2.67. The van der Waals surface area contributed by atoms with Gasteiger partial charge in [0.05, 0.1) is 0 Å². The van der Waals surface area contributed by atoms with Crippen LogP contribution in [0.2, 0.25) is 0 Å². The molecule has 0 fully saturated rings. The minimum atomic E-state index is 0.598. The van der Waals surface area contributed by atoms with Gasteiger partial charge in [-0.25, -0.2) is 0 Å². The topological polar surface area (TPSA) is 0 Å². The molecular weight excluding hydrogens is 180 g/mol. The molecule has 0 heterocycles. The van der Waals surface area contributed by atoms with Crippen molar-refractivity contribution in [1.29, 1.82) is 0 Å². The Bertz CT molecular complexity index is 262. The summed E-state index contributed by atoms with van der Waals surface area (Å²) in [6.07, 6.45) is 5.42. The van der Waals surface area contributed by atoms with E-state index in [2.05, 4.69) is 54.2 Å². The van der Waals surface area contributed by atoms with Crippen LogP contribution in [0, 0.1) is 11.8 Å². The second kappa shape index (κ2) is 6.66. The van der Waals surface area contributed by atoms with Crippen LogP contribution < -0.4 is 0 Å². The maximum absolute atomic E-state index is 3.89. The van der Waals surface area contributed by atoms with Gasteiger partial charge < -0.3 is 0 Å². The highest BCUT2D eigenvalue weighted by molar-refractivity contribution is 5.36. The van der Waals surface area contributed by atoms with Gasteiger partial charge in [-0.2, -0.15) is 0 Å². The van der Waals surface area contributed by atoms with Crippen LogP contribution in [-0.2, 0) is 0 Å². The maximum Gasteiger partial charge on any atom is -0.0254 e. The van der Waals surface area contributed by atoms with Gasteiger partial charge >= 0.3 is 0 Å². The Morgan fingerprint density at radius 1 is 1.13 bits per heavy atom. The quantitative estimate of drug-likeness (QED) is 0.546. The molecule has 0 heteroatoms. The molecule has 0 nitrogen and oxygen atoms in total. The molecule has 0 atom stereocenters. The lowest BCUT2D eigenvalue weighted by Crippen LogP contribution is -1.94. The first kappa shape index (κ1) is 14.2. The summed E-state index contributed by atoms with van der Waals surface area (Å²) in [7, 11) is 0. The fourth-order valence-electron chi connectivity index (χ4n) is 1.64. The SMILES string of the molecule is C=CC(C=C(C)CC(C)C)=C(C)C(C)C. The molecule has 15 heavy (non-hydrogen) atoms. The van der Waals surface area contributed by atoms with E-state index in [0.29, 0.717) is 5.92 Å². The molecule has 0 unspecified atom stereocenters. The lowest BCUT2D eigenvalue weighted by Gasteiger charge is -2.11. The molecule has 0 saturated carbocycles. The Balaban J connectivity index is 4.86. The molecule has 0 aliphatic rings. The Labute approximate surface area is 95.8 Å². The van der Waals surface area contributed by atoms with Crippen LogP contribution in [0.15, 0.2) is 35.5 Å². The molecule has 0 spiro atoms. The highest BCUT2D eigenvalue weighted by atomic mass is 14.1. The van der Waals surface area contributed by atoms with Crippen molar-refractivity contribution in [2.24, 2.45) is 11.8 Å². The first-order valence-electron chi connectivity index (χ1n) is 5.88. The van der Waals surface area contributed by atoms with Gasteiger partial charge in [0.15, 0.2) is 0 Å². The Kier molecular flexibility index (Phi) is 6.31. The summed E-state index contributed by atoms with van der Waals surface area (Å²) >= 11 is 0. The van der Waals surface area contributed by atoms with Gasteiger partial charge in [0.1, 0.15) is 0 Å². The summed E-state index contributed by atoms with van der Waals surface area (Å²) in [6.45, 7) is 17.3. The van der Waals surface area contributed by atoms with E-state index in [-0.39, 0.29) is 0 Å². The Morgan fingerprint density at radius 2 is 1.67 bits per heavy atom. The minimum absolute atomic E-state index is 0.598. The van der Waals surface area contributed by atoms with Crippen molar-refractivity contribution in [1.82, 2.24) is 0 Å². The molecule has 0 N–H and O–H groups in total. The van der Waals surface area contributed by atoms with Gasteiger partial charge in [0, 0.05) is 0 Å². The minimum Gasteiger partial charge on any atom is -0.0985 e. The molecule has 0 bridgehead atoms. The zero-order valence-electron chi connectivity index (χ0n) is 11.2.